The molecule has 0 aliphatic rings. The van der Waals surface area contributed by atoms with Gasteiger partial charge < -0.3 is 4.79 Å². The lowest BCUT2D eigenvalue weighted by molar-refractivity contribution is -0.107. The minimum absolute atomic E-state index is 0.540. The monoisotopic (exact) mass is 414 g/mol. The number of hydrogen-bond acceptors (Lipinski definition) is 6. The second kappa shape index (κ2) is 7.44. The van der Waals surface area contributed by atoms with E-state index in [1.807, 2.05) is 37.5 Å². The number of halogens is 1. The molecule has 0 N–H and O–H groups in total. The Labute approximate surface area is 171 Å². The molecule has 0 bridgehead atoms. The molecule has 28 heavy (non-hydrogen) atoms. The number of nitrogens with zero attached hydrogens (tertiary/aromatic N) is 6. The first kappa shape index (κ1) is 18.8. The predicted molar refractivity (Wildman–Crippen MR) is 110 cm³/mol. The van der Waals surface area contributed by atoms with Crippen molar-refractivity contribution >= 4 is 34.9 Å². The van der Waals surface area contributed by atoms with Gasteiger partial charge in [-0.15, -0.1) is 11.3 Å². The van der Waals surface area contributed by atoms with Crippen molar-refractivity contribution in [3.63, 3.8) is 0 Å². The van der Waals surface area contributed by atoms with Gasteiger partial charge in [-0.3, -0.25) is 0 Å². The normalized spacial score (nSPS) is 11.4. The lowest BCUT2D eigenvalue weighted by atomic mass is 10.1. The molecule has 0 radical (unpaired) electrons. The average molecular weight is 415 g/mol. The first-order valence-electron chi connectivity index (χ1n) is 8.93. The van der Waals surface area contributed by atoms with Crippen LogP contribution in [0.25, 0.3) is 26.9 Å². The van der Waals surface area contributed by atoms with Crippen LogP contribution in [-0.2, 0) is 18.3 Å². The molecule has 0 atom stereocenters. The fourth-order valence-electron chi connectivity index (χ4n) is 3.31. The van der Waals surface area contributed by atoms with Crippen LogP contribution in [0.15, 0.2) is 18.5 Å². The molecule has 4 rings (SSSR count). The smallest absolute Gasteiger partial charge is 0.167 e. The number of hydrogen-bond donors (Lipinski definition) is 0. The van der Waals surface area contributed by atoms with E-state index in [9.17, 15) is 4.79 Å². The Morgan fingerprint density at radius 2 is 2.11 bits per heavy atom. The molecule has 0 saturated carbocycles. The summed E-state index contributed by atoms with van der Waals surface area (Å²) in [4.78, 5) is 21.6. The van der Waals surface area contributed by atoms with Gasteiger partial charge in [-0.25, -0.2) is 19.2 Å². The summed E-state index contributed by atoms with van der Waals surface area (Å²) < 4.78 is 3.60. The summed E-state index contributed by atoms with van der Waals surface area (Å²) in [7, 11) is 1.85. The van der Waals surface area contributed by atoms with Gasteiger partial charge in [0, 0.05) is 13.5 Å². The van der Waals surface area contributed by atoms with Crippen LogP contribution in [-0.4, -0.2) is 35.6 Å². The van der Waals surface area contributed by atoms with Gasteiger partial charge in [0.1, 0.15) is 18.3 Å². The summed E-state index contributed by atoms with van der Waals surface area (Å²) >= 11 is 8.15. The zero-order chi connectivity index (χ0) is 19.8. The minimum Gasteiger partial charge on any atom is -0.303 e. The highest BCUT2D eigenvalue weighted by atomic mass is 35.5. The molecule has 0 amide bonds. The van der Waals surface area contributed by atoms with Crippen LogP contribution >= 0.6 is 22.9 Å². The van der Waals surface area contributed by atoms with Crippen molar-refractivity contribution in [2.45, 2.75) is 33.1 Å². The Morgan fingerprint density at radius 1 is 1.29 bits per heavy atom. The van der Waals surface area contributed by atoms with Gasteiger partial charge in [-0.1, -0.05) is 11.6 Å². The largest absolute Gasteiger partial charge is 0.303 e. The first-order chi connectivity index (χ1) is 13.5. The third kappa shape index (κ3) is 3.22. The van der Waals surface area contributed by atoms with Gasteiger partial charge in [0.25, 0.3) is 0 Å². The van der Waals surface area contributed by atoms with Crippen LogP contribution < -0.4 is 0 Å². The van der Waals surface area contributed by atoms with Crippen LogP contribution in [0.1, 0.15) is 29.8 Å². The fourth-order valence-corrected chi connectivity index (χ4v) is 4.85. The molecular weight excluding hydrogens is 396 g/mol. The Hall–Kier alpha value is -2.58. The van der Waals surface area contributed by atoms with Crippen LogP contribution in [0.4, 0.5) is 0 Å². The highest BCUT2D eigenvalue weighted by Crippen LogP contribution is 2.41. The molecule has 0 saturated heterocycles. The van der Waals surface area contributed by atoms with E-state index in [0.717, 1.165) is 63.0 Å². The second-order valence-electron chi connectivity index (χ2n) is 6.65. The predicted octanol–water partition coefficient (Wildman–Crippen LogP) is 4.05. The number of carbonyl (C=O) groups is 1. The van der Waals surface area contributed by atoms with E-state index >= 15 is 0 Å². The van der Waals surface area contributed by atoms with E-state index in [2.05, 4.69) is 10.1 Å². The zero-order valence-corrected chi connectivity index (χ0v) is 17.4. The van der Waals surface area contributed by atoms with E-state index in [1.165, 1.54) is 6.33 Å². The van der Waals surface area contributed by atoms with Crippen LogP contribution in [0, 0.1) is 13.8 Å². The second-order valence-corrected chi connectivity index (χ2v) is 8.11. The molecule has 4 heterocycles. The number of thiophene rings is 1. The molecule has 0 aliphatic carbocycles. The summed E-state index contributed by atoms with van der Waals surface area (Å²) in [5, 5.41) is 9.46. The molecule has 7 nitrogen and oxygen atoms in total. The fraction of sp³-hybridized carbons (Fsp3) is 0.316. The topological polar surface area (TPSA) is 78.0 Å². The van der Waals surface area contributed by atoms with E-state index in [0.29, 0.717) is 11.4 Å². The summed E-state index contributed by atoms with van der Waals surface area (Å²) in [5.41, 5.74) is 4.55. The van der Waals surface area contributed by atoms with Crippen molar-refractivity contribution in [3.05, 3.63) is 40.4 Å². The van der Waals surface area contributed by atoms with Crippen molar-refractivity contribution in [1.29, 1.82) is 0 Å². The number of carbonyl (C=O) groups excluding carboxylic acids is 1. The molecule has 9 heteroatoms. The van der Waals surface area contributed by atoms with Crippen molar-refractivity contribution in [2.24, 2.45) is 7.05 Å². The molecule has 144 valence electrons. The van der Waals surface area contributed by atoms with E-state index < -0.39 is 0 Å². The first-order valence-corrected chi connectivity index (χ1v) is 10.1. The van der Waals surface area contributed by atoms with Gasteiger partial charge in [0.2, 0.25) is 0 Å². The van der Waals surface area contributed by atoms with Gasteiger partial charge in [0.05, 0.1) is 26.2 Å². The van der Waals surface area contributed by atoms with Crippen molar-refractivity contribution < 1.29 is 4.79 Å². The molecule has 0 fully saturated rings. The number of aryl methyl sites for hydroxylation is 4. The van der Waals surface area contributed by atoms with Gasteiger partial charge in [0.15, 0.2) is 11.5 Å². The summed E-state index contributed by atoms with van der Waals surface area (Å²) in [6.45, 7) is 3.93. The van der Waals surface area contributed by atoms with Crippen LogP contribution in [0.2, 0.25) is 5.02 Å². The Balaban J connectivity index is 1.86. The maximum atomic E-state index is 10.7. The third-order valence-electron chi connectivity index (χ3n) is 4.56. The van der Waals surface area contributed by atoms with Crippen LogP contribution in [0.5, 0.6) is 0 Å². The Morgan fingerprint density at radius 3 is 2.82 bits per heavy atom. The highest BCUT2D eigenvalue weighted by Gasteiger charge is 2.21. The van der Waals surface area contributed by atoms with E-state index in [1.54, 1.807) is 16.0 Å². The SMILES string of the molecule is Cc1cc(CCCC=O)c2nc(C)c(-c3sc(-c4ncnn4C)cc3Cl)n2n1. The molecule has 0 spiro atoms. The maximum absolute atomic E-state index is 10.7. The third-order valence-corrected chi connectivity index (χ3v) is 6.11. The molecule has 0 unspecified atom stereocenters. The van der Waals surface area contributed by atoms with Gasteiger partial charge >= 0.3 is 0 Å². The molecule has 0 aliphatic heterocycles. The lowest BCUT2D eigenvalue weighted by Gasteiger charge is -2.06. The van der Waals surface area contributed by atoms with Gasteiger partial charge in [-0.2, -0.15) is 10.2 Å². The molecular formula is C19H19ClN6OS. The number of imidazole rings is 1. The lowest BCUT2D eigenvalue weighted by Crippen LogP contribution is -2.01. The van der Waals surface area contributed by atoms with Gasteiger partial charge in [-0.05, 0) is 44.4 Å². The number of aldehydes is 1. The Bertz CT molecular complexity index is 1170. The molecule has 4 aromatic heterocycles. The zero-order valence-electron chi connectivity index (χ0n) is 15.8. The maximum Gasteiger partial charge on any atom is 0.167 e. The van der Waals surface area contributed by atoms with E-state index in [-0.39, 0.29) is 0 Å². The molecule has 0 aromatic carbocycles. The average Bonchev–Trinajstić information content (AvgIpc) is 3.32. The van der Waals surface area contributed by atoms with Crippen molar-refractivity contribution in [1.82, 2.24) is 29.4 Å². The highest BCUT2D eigenvalue weighted by molar-refractivity contribution is 7.19. The number of rotatable bonds is 6. The van der Waals surface area contributed by atoms with Crippen molar-refractivity contribution in [2.75, 3.05) is 0 Å². The quantitative estimate of drug-likeness (QED) is 0.351. The number of aromatic nitrogens is 6. The standard InChI is InChI=1S/C19H19ClN6OS/c1-11-8-13(6-4-5-7-27)18-23-12(2)16(26(18)24-11)17-14(20)9-15(28-17)19-21-10-22-25(19)3/h7-10H,4-6H2,1-3H3. The molecule has 4 aromatic rings. The number of unbranched alkanes of at least 4 members (excludes halogenated alkanes) is 1. The van der Waals surface area contributed by atoms with Crippen molar-refractivity contribution in [3.8, 4) is 21.3 Å². The summed E-state index contributed by atoms with van der Waals surface area (Å²) in [6.07, 6.45) is 4.59. The summed E-state index contributed by atoms with van der Waals surface area (Å²) in [6, 6.07) is 3.95. The summed E-state index contributed by atoms with van der Waals surface area (Å²) in [5.74, 6) is 0.767. The van der Waals surface area contributed by atoms with E-state index in [4.69, 9.17) is 21.7 Å². The Kier molecular flexibility index (Phi) is 4.99. The minimum atomic E-state index is 0.540. The number of fused-ring (bicyclic) bond motifs is 1. The van der Waals surface area contributed by atoms with Crippen LogP contribution in [0.3, 0.4) is 0 Å².